The molecular weight excluding hydrogens is 374 g/mol. The molecule has 0 amide bonds. The highest BCUT2D eigenvalue weighted by Gasteiger charge is 2.38. The molecular formula is C15H21BrClNO2S. The fourth-order valence-corrected chi connectivity index (χ4v) is 5.29. The van der Waals surface area contributed by atoms with Gasteiger partial charge in [-0.1, -0.05) is 19.4 Å². The molecule has 0 saturated heterocycles. The Balaban J connectivity index is 2.44. The van der Waals surface area contributed by atoms with Crippen molar-refractivity contribution in [3.8, 4) is 0 Å². The lowest BCUT2D eigenvalue weighted by molar-refractivity contribution is 0.395. The highest BCUT2D eigenvalue weighted by atomic mass is 79.9. The van der Waals surface area contributed by atoms with E-state index in [9.17, 15) is 8.42 Å². The summed E-state index contributed by atoms with van der Waals surface area (Å²) in [5.41, 5.74) is 1.74. The van der Waals surface area contributed by atoms with Crippen LogP contribution in [0.2, 0.25) is 0 Å². The summed E-state index contributed by atoms with van der Waals surface area (Å²) in [6.45, 7) is 4.57. The van der Waals surface area contributed by atoms with Crippen molar-refractivity contribution in [1.82, 2.24) is 4.31 Å². The van der Waals surface area contributed by atoms with Crippen LogP contribution >= 0.6 is 27.5 Å². The molecule has 0 aliphatic heterocycles. The zero-order valence-electron chi connectivity index (χ0n) is 12.4. The third-order valence-corrected chi connectivity index (χ3v) is 7.31. The first kappa shape index (κ1) is 17.3. The Labute approximate surface area is 140 Å². The Kier molecular flexibility index (Phi) is 5.74. The van der Waals surface area contributed by atoms with Gasteiger partial charge in [0, 0.05) is 22.9 Å². The van der Waals surface area contributed by atoms with E-state index in [1.165, 1.54) is 0 Å². The van der Waals surface area contributed by atoms with E-state index in [0.29, 0.717) is 21.8 Å². The molecule has 0 bridgehead atoms. The van der Waals surface area contributed by atoms with Gasteiger partial charge in [-0.2, -0.15) is 4.31 Å². The Morgan fingerprint density at radius 2 is 2.05 bits per heavy atom. The van der Waals surface area contributed by atoms with Gasteiger partial charge in [-0.3, -0.25) is 0 Å². The summed E-state index contributed by atoms with van der Waals surface area (Å²) in [5.74, 6) is 0.315. The molecule has 0 N–H and O–H groups in total. The third-order valence-electron chi connectivity index (χ3n) is 3.71. The second-order valence-corrected chi connectivity index (χ2v) is 8.48. The monoisotopic (exact) mass is 393 g/mol. The maximum atomic E-state index is 13.0. The van der Waals surface area contributed by atoms with E-state index < -0.39 is 10.0 Å². The van der Waals surface area contributed by atoms with Crippen LogP contribution in [-0.4, -0.2) is 25.3 Å². The van der Waals surface area contributed by atoms with E-state index in [1.807, 2.05) is 13.0 Å². The van der Waals surface area contributed by atoms with Gasteiger partial charge in [0.05, 0.1) is 4.90 Å². The third kappa shape index (κ3) is 3.81. The number of halogens is 2. The van der Waals surface area contributed by atoms with E-state index in [1.54, 1.807) is 10.4 Å². The molecule has 2 rings (SSSR count). The minimum atomic E-state index is -3.47. The maximum Gasteiger partial charge on any atom is 0.244 e. The van der Waals surface area contributed by atoms with Crippen molar-refractivity contribution >= 4 is 37.6 Å². The van der Waals surface area contributed by atoms with Crippen molar-refractivity contribution in [3.05, 3.63) is 27.7 Å². The van der Waals surface area contributed by atoms with Crippen molar-refractivity contribution in [2.45, 2.75) is 56.3 Å². The second-order valence-electron chi connectivity index (χ2n) is 5.56. The number of aryl methyl sites for hydroxylation is 1. The van der Waals surface area contributed by atoms with Crippen LogP contribution in [0.3, 0.4) is 0 Å². The van der Waals surface area contributed by atoms with Gasteiger partial charge in [-0.05, 0) is 59.3 Å². The molecule has 1 aromatic rings. The zero-order chi connectivity index (χ0) is 15.6. The van der Waals surface area contributed by atoms with E-state index in [0.717, 1.165) is 36.8 Å². The molecule has 1 fully saturated rings. The standard InChI is InChI=1S/C15H21BrClNO2S/c1-3-4-7-18(13-5-6-13)21(19,20)14-9-12(10-17)8-11(2)15(14)16/h8-9,13H,3-7,10H2,1-2H3. The number of nitrogens with zero attached hydrogens (tertiary/aromatic N) is 1. The zero-order valence-corrected chi connectivity index (χ0v) is 15.6. The summed E-state index contributed by atoms with van der Waals surface area (Å²) in [6, 6.07) is 3.79. The molecule has 0 aromatic heterocycles. The first-order valence-electron chi connectivity index (χ1n) is 7.28. The van der Waals surface area contributed by atoms with Crippen LogP contribution < -0.4 is 0 Å². The van der Waals surface area contributed by atoms with E-state index >= 15 is 0 Å². The van der Waals surface area contributed by atoms with Crippen LogP contribution in [0.15, 0.2) is 21.5 Å². The van der Waals surface area contributed by atoms with Crippen LogP contribution in [0.25, 0.3) is 0 Å². The quantitative estimate of drug-likeness (QED) is 0.641. The fourth-order valence-electron chi connectivity index (χ4n) is 2.38. The highest BCUT2D eigenvalue weighted by Crippen LogP contribution is 2.36. The average Bonchev–Trinajstić information content (AvgIpc) is 3.26. The molecule has 1 aliphatic carbocycles. The van der Waals surface area contributed by atoms with Crippen LogP contribution in [0.5, 0.6) is 0 Å². The summed E-state index contributed by atoms with van der Waals surface area (Å²) < 4.78 is 28.4. The molecule has 0 spiro atoms. The average molecular weight is 395 g/mol. The molecule has 3 nitrogen and oxygen atoms in total. The number of sulfonamides is 1. The van der Waals surface area contributed by atoms with Crippen molar-refractivity contribution in [2.24, 2.45) is 0 Å². The van der Waals surface area contributed by atoms with Crippen LogP contribution in [-0.2, 0) is 15.9 Å². The van der Waals surface area contributed by atoms with Crippen molar-refractivity contribution in [2.75, 3.05) is 6.54 Å². The minimum Gasteiger partial charge on any atom is -0.207 e. The summed E-state index contributed by atoms with van der Waals surface area (Å²) >= 11 is 9.32. The largest absolute Gasteiger partial charge is 0.244 e. The highest BCUT2D eigenvalue weighted by molar-refractivity contribution is 9.10. The minimum absolute atomic E-state index is 0.174. The first-order valence-corrected chi connectivity index (χ1v) is 10.1. The van der Waals surface area contributed by atoms with Gasteiger partial charge in [-0.15, -0.1) is 11.6 Å². The van der Waals surface area contributed by atoms with Gasteiger partial charge in [-0.25, -0.2) is 8.42 Å². The number of hydrogen-bond donors (Lipinski definition) is 0. The van der Waals surface area contributed by atoms with E-state index in [-0.39, 0.29) is 6.04 Å². The molecule has 6 heteroatoms. The molecule has 0 atom stereocenters. The van der Waals surface area contributed by atoms with Gasteiger partial charge < -0.3 is 0 Å². The molecule has 1 saturated carbocycles. The molecule has 1 aromatic carbocycles. The smallest absolute Gasteiger partial charge is 0.207 e. The molecule has 0 radical (unpaired) electrons. The summed E-state index contributed by atoms with van der Waals surface area (Å²) in [4.78, 5) is 0.348. The SMILES string of the molecule is CCCCN(C1CC1)S(=O)(=O)c1cc(CCl)cc(C)c1Br. The lowest BCUT2D eigenvalue weighted by Crippen LogP contribution is -2.34. The summed E-state index contributed by atoms with van der Waals surface area (Å²) in [6.07, 6.45) is 3.81. The van der Waals surface area contributed by atoms with Crippen molar-refractivity contribution in [1.29, 1.82) is 0 Å². The lowest BCUT2D eigenvalue weighted by atomic mass is 10.2. The second kappa shape index (κ2) is 6.99. The predicted molar refractivity (Wildman–Crippen MR) is 90.3 cm³/mol. The Morgan fingerprint density at radius 1 is 1.38 bits per heavy atom. The lowest BCUT2D eigenvalue weighted by Gasteiger charge is -2.23. The number of hydrogen-bond acceptors (Lipinski definition) is 2. The molecule has 0 heterocycles. The molecule has 118 valence electrons. The summed E-state index contributed by atoms with van der Waals surface area (Å²) in [7, 11) is -3.47. The van der Waals surface area contributed by atoms with E-state index in [4.69, 9.17) is 11.6 Å². The first-order chi connectivity index (χ1) is 9.91. The van der Waals surface area contributed by atoms with Gasteiger partial charge in [0.15, 0.2) is 0 Å². The predicted octanol–water partition coefficient (Wildman–Crippen LogP) is 4.45. The Morgan fingerprint density at radius 3 is 2.57 bits per heavy atom. The number of benzene rings is 1. The number of alkyl halides is 1. The Bertz CT molecular complexity index is 614. The Hall–Kier alpha value is -0.100. The van der Waals surface area contributed by atoms with E-state index in [2.05, 4.69) is 22.9 Å². The van der Waals surface area contributed by atoms with Crippen LogP contribution in [0.1, 0.15) is 43.7 Å². The normalized spacial score (nSPS) is 15.7. The maximum absolute atomic E-state index is 13.0. The van der Waals surface area contributed by atoms with Crippen LogP contribution in [0.4, 0.5) is 0 Å². The van der Waals surface area contributed by atoms with Crippen molar-refractivity contribution < 1.29 is 8.42 Å². The number of unbranched alkanes of at least 4 members (excludes halogenated alkanes) is 1. The van der Waals surface area contributed by atoms with Gasteiger partial charge in [0.25, 0.3) is 0 Å². The molecule has 21 heavy (non-hydrogen) atoms. The summed E-state index contributed by atoms with van der Waals surface area (Å²) in [5, 5.41) is 0. The molecule has 1 aliphatic rings. The van der Waals surface area contributed by atoms with Gasteiger partial charge >= 0.3 is 0 Å². The topological polar surface area (TPSA) is 37.4 Å². The van der Waals surface area contributed by atoms with Gasteiger partial charge in [0.1, 0.15) is 0 Å². The van der Waals surface area contributed by atoms with Gasteiger partial charge in [0.2, 0.25) is 10.0 Å². The number of rotatable bonds is 7. The molecule has 0 unspecified atom stereocenters. The van der Waals surface area contributed by atoms with Crippen LogP contribution in [0, 0.1) is 6.92 Å². The van der Waals surface area contributed by atoms with Crippen molar-refractivity contribution in [3.63, 3.8) is 0 Å². The fraction of sp³-hybridized carbons (Fsp3) is 0.600.